The lowest BCUT2D eigenvalue weighted by Crippen LogP contribution is -2.30. The molecule has 1 aliphatic heterocycles. The Bertz CT molecular complexity index is 473. The first-order chi connectivity index (χ1) is 8.13. The fourth-order valence-corrected chi connectivity index (χ4v) is 2.00. The van der Waals surface area contributed by atoms with Crippen LogP contribution in [0.3, 0.4) is 0 Å². The Kier molecular flexibility index (Phi) is 3.06. The minimum Gasteiger partial charge on any atom is -0.330 e. The second-order valence-corrected chi connectivity index (χ2v) is 3.90. The van der Waals surface area contributed by atoms with Gasteiger partial charge in [0.2, 0.25) is 5.91 Å². The van der Waals surface area contributed by atoms with Gasteiger partial charge in [-0.15, -0.1) is 0 Å². The fraction of sp³-hybridized carbons (Fsp3) is 0.364. The van der Waals surface area contributed by atoms with Crippen molar-refractivity contribution in [1.82, 2.24) is 0 Å². The third-order valence-corrected chi connectivity index (χ3v) is 2.83. The molecule has 0 unspecified atom stereocenters. The van der Waals surface area contributed by atoms with Gasteiger partial charge in [0.15, 0.2) is 0 Å². The standard InChI is InChI=1S/C11H13N3O3/c12-5-3-11(15)13-6-4-8-1-2-9(14(16)17)7-10(8)13/h1-2,7H,3-6,12H2. The van der Waals surface area contributed by atoms with E-state index in [1.54, 1.807) is 11.0 Å². The lowest BCUT2D eigenvalue weighted by Gasteiger charge is -2.16. The molecule has 0 fully saturated rings. The average Bonchev–Trinajstić information content (AvgIpc) is 2.71. The van der Waals surface area contributed by atoms with Crippen LogP contribution in [-0.2, 0) is 11.2 Å². The normalized spacial score (nSPS) is 13.6. The van der Waals surface area contributed by atoms with Gasteiger partial charge in [-0.2, -0.15) is 0 Å². The summed E-state index contributed by atoms with van der Waals surface area (Å²) in [6, 6.07) is 4.63. The van der Waals surface area contributed by atoms with Crippen LogP contribution in [0.2, 0.25) is 0 Å². The molecule has 2 rings (SSSR count). The average molecular weight is 235 g/mol. The van der Waals surface area contributed by atoms with Gasteiger partial charge in [-0.1, -0.05) is 6.07 Å². The van der Waals surface area contributed by atoms with E-state index < -0.39 is 4.92 Å². The summed E-state index contributed by atoms with van der Waals surface area (Å²) >= 11 is 0. The number of carbonyl (C=O) groups excluding carboxylic acids is 1. The number of benzene rings is 1. The molecular formula is C11H13N3O3. The van der Waals surface area contributed by atoms with Crippen LogP contribution < -0.4 is 10.6 Å². The Hall–Kier alpha value is -1.95. The van der Waals surface area contributed by atoms with E-state index in [9.17, 15) is 14.9 Å². The monoisotopic (exact) mass is 235 g/mol. The number of amides is 1. The summed E-state index contributed by atoms with van der Waals surface area (Å²) in [5.74, 6) is -0.0771. The number of non-ortho nitro benzene ring substituents is 1. The van der Waals surface area contributed by atoms with Gasteiger partial charge in [-0.25, -0.2) is 0 Å². The number of nitrogens with zero attached hydrogens (tertiary/aromatic N) is 2. The molecule has 0 spiro atoms. The number of hydrogen-bond donors (Lipinski definition) is 1. The number of hydrogen-bond acceptors (Lipinski definition) is 4. The van der Waals surface area contributed by atoms with E-state index in [0.717, 1.165) is 12.0 Å². The van der Waals surface area contributed by atoms with Gasteiger partial charge in [-0.05, 0) is 12.0 Å². The van der Waals surface area contributed by atoms with Crippen LogP contribution in [0.25, 0.3) is 0 Å². The fourth-order valence-electron chi connectivity index (χ4n) is 2.00. The molecule has 17 heavy (non-hydrogen) atoms. The molecule has 90 valence electrons. The number of nitrogens with two attached hydrogens (primary N) is 1. The van der Waals surface area contributed by atoms with E-state index in [-0.39, 0.29) is 18.0 Å². The molecule has 2 N–H and O–H groups in total. The Labute approximate surface area is 98.2 Å². The Morgan fingerprint density at radius 2 is 2.29 bits per heavy atom. The van der Waals surface area contributed by atoms with E-state index in [4.69, 9.17) is 5.73 Å². The highest BCUT2D eigenvalue weighted by molar-refractivity contribution is 5.95. The molecule has 1 amide bonds. The molecule has 1 aromatic carbocycles. The van der Waals surface area contributed by atoms with Gasteiger partial charge in [0, 0.05) is 31.6 Å². The number of carbonyl (C=O) groups is 1. The van der Waals surface area contributed by atoms with E-state index in [0.29, 0.717) is 18.8 Å². The first kappa shape index (κ1) is 11.5. The van der Waals surface area contributed by atoms with Gasteiger partial charge in [0.1, 0.15) is 0 Å². The molecule has 1 aromatic rings. The van der Waals surface area contributed by atoms with Crippen LogP contribution in [0.15, 0.2) is 18.2 Å². The van der Waals surface area contributed by atoms with Crippen molar-refractivity contribution in [2.24, 2.45) is 5.73 Å². The summed E-state index contributed by atoms with van der Waals surface area (Å²) in [6.07, 6.45) is 1.01. The number of anilines is 1. The number of nitro benzene ring substituents is 1. The predicted molar refractivity (Wildman–Crippen MR) is 62.8 cm³/mol. The first-order valence-electron chi connectivity index (χ1n) is 5.41. The van der Waals surface area contributed by atoms with Crippen molar-refractivity contribution in [3.05, 3.63) is 33.9 Å². The van der Waals surface area contributed by atoms with Crippen LogP contribution in [0.5, 0.6) is 0 Å². The number of fused-ring (bicyclic) bond motifs is 1. The van der Waals surface area contributed by atoms with Gasteiger partial charge in [0.05, 0.1) is 10.6 Å². The van der Waals surface area contributed by atoms with Crippen molar-refractivity contribution in [2.45, 2.75) is 12.8 Å². The molecule has 1 aliphatic rings. The van der Waals surface area contributed by atoms with Crippen molar-refractivity contribution in [1.29, 1.82) is 0 Å². The SMILES string of the molecule is NCCC(=O)N1CCc2ccc([N+](=O)[O-])cc21. The summed E-state index contributed by atoms with van der Waals surface area (Å²) in [6.45, 7) is 0.870. The van der Waals surface area contributed by atoms with Gasteiger partial charge in [-0.3, -0.25) is 14.9 Å². The lowest BCUT2D eigenvalue weighted by atomic mass is 10.1. The second-order valence-electron chi connectivity index (χ2n) is 3.90. The maximum absolute atomic E-state index is 11.8. The maximum atomic E-state index is 11.8. The Balaban J connectivity index is 2.32. The predicted octanol–water partition coefficient (Wildman–Crippen LogP) is 0.833. The Morgan fingerprint density at radius 3 is 2.94 bits per heavy atom. The smallest absolute Gasteiger partial charge is 0.271 e. The minimum atomic E-state index is -0.454. The summed E-state index contributed by atoms with van der Waals surface area (Å²) < 4.78 is 0. The maximum Gasteiger partial charge on any atom is 0.271 e. The lowest BCUT2D eigenvalue weighted by molar-refractivity contribution is -0.384. The van der Waals surface area contributed by atoms with Crippen molar-refractivity contribution in [3.8, 4) is 0 Å². The summed E-state index contributed by atoms with van der Waals surface area (Å²) in [7, 11) is 0. The van der Waals surface area contributed by atoms with Crippen LogP contribution in [-0.4, -0.2) is 23.9 Å². The molecule has 0 saturated heterocycles. The molecule has 6 heteroatoms. The van der Waals surface area contributed by atoms with Crippen molar-refractivity contribution in [3.63, 3.8) is 0 Å². The van der Waals surface area contributed by atoms with Crippen LogP contribution in [0.4, 0.5) is 11.4 Å². The molecule has 0 bridgehead atoms. The molecule has 0 radical (unpaired) electrons. The quantitative estimate of drug-likeness (QED) is 0.620. The van der Waals surface area contributed by atoms with Crippen molar-refractivity contribution >= 4 is 17.3 Å². The zero-order valence-corrected chi connectivity index (χ0v) is 9.26. The molecule has 0 aliphatic carbocycles. The van der Waals surface area contributed by atoms with E-state index >= 15 is 0 Å². The van der Waals surface area contributed by atoms with Crippen LogP contribution in [0.1, 0.15) is 12.0 Å². The second kappa shape index (κ2) is 4.50. The highest BCUT2D eigenvalue weighted by atomic mass is 16.6. The molecule has 0 atom stereocenters. The summed E-state index contributed by atoms with van der Waals surface area (Å²) in [4.78, 5) is 23.6. The summed E-state index contributed by atoms with van der Waals surface area (Å²) in [5.41, 5.74) is 6.97. The van der Waals surface area contributed by atoms with Gasteiger partial charge >= 0.3 is 0 Å². The largest absolute Gasteiger partial charge is 0.330 e. The molecule has 0 aromatic heterocycles. The molecule has 6 nitrogen and oxygen atoms in total. The molecule has 0 saturated carbocycles. The van der Waals surface area contributed by atoms with E-state index in [1.165, 1.54) is 12.1 Å². The topological polar surface area (TPSA) is 89.5 Å². The van der Waals surface area contributed by atoms with Crippen molar-refractivity contribution in [2.75, 3.05) is 18.0 Å². The summed E-state index contributed by atoms with van der Waals surface area (Å²) in [5, 5.41) is 10.7. The Morgan fingerprint density at radius 1 is 1.53 bits per heavy atom. The van der Waals surface area contributed by atoms with E-state index in [2.05, 4.69) is 0 Å². The zero-order valence-electron chi connectivity index (χ0n) is 9.26. The molecule has 1 heterocycles. The number of nitro groups is 1. The zero-order chi connectivity index (χ0) is 12.4. The first-order valence-corrected chi connectivity index (χ1v) is 5.41. The van der Waals surface area contributed by atoms with E-state index in [1.807, 2.05) is 0 Å². The number of rotatable bonds is 3. The van der Waals surface area contributed by atoms with Gasteiger partial charge < -0.3 is 10.6 Å². The third kappa shape index (κ3) is 2.12. The molecular weight excluding hydrogens is 222 g/mol. The highest BCUT2D eigenvalue weighted by Crippen LogP contribution is 2.31. The minimum absolute atomic E-state index is 0.0104. The van der Waals surface area contributed by atoms with Gasteiger partial charge in [0.25, 0.3) is 5.69 Å². The highest BCUT2D eigenvalue weighted by Gasteiger charge is 2.25. The third-order valence-electron chi connectivity index (χ3n) is 2.83. The van der Waals surface area contributed by atoms with Crippen LogP contribution in [0, 0.1) is 10.1 Å². The van der Waals surface area contributed by atoms with Crippen LogP contribution >= 0.6 is 0 Å². The van der Waals surface area contributed by atoms with Crippen molar-refractivity contribution < 1.29 is 9.72 Å².